The Morgan fingerprint density at radius 2 is 1.95 bits per heavy atom. The summed E-state index contributed by atoms with van der Waals surface area (Å²) in [5.41, 5.74) is 0.605. The molecule has 1 aromatic carbocycles. The molecule has 0 bridgehead atoms. The summed E-state index contributed by atoms with van der Waals surface area (Å²) in [6, 6.07) is 5.76. The lowest BCUT2D eigenvalue weighted by Gasteiger charge is -2.31. The molecule has 1 fully saturated rings. The average molecular weight is 307 g/mol. The Morgan fingerprint density at radius 1 is 1.19 bits per heavy atom. The third-order valence-corrected chi connectivity index (χ3v) is 3.93. The smallest absolute Gasteiger partial charge is 0.310 e. The molecule has 1 N–H and O–H groups in total. The summed E-state index contributed by atoms with van der Waals surface area (Å²) in [4.78, 5) is 0. The van der Waals surface area contributed by atoms with Gasteiger partial charge in [-0.1, -0.05) is 24.6 Å². The van der Waals surface area contributed by atoms with E-state index in [4.69, 9.17) is 0 Å². The highest BCUT2D eigenvalue weighted by molar-refractivity contribution is 5.24. The van der Waals surface area contributed by atoms with Gasteiger partial charge in [0, 0.05) is 18.2 Å². The number of alkyl halides is 5. The molecule has 118 valence electrons. The number of hydrogen-bond donors (Lipinski definition) is 1. The third-order valence-electron chi connectivity index (χ3n) is 3.93. The van der Waals surface area contributed by atoms with Gasteiger partial charge in [-0.15, -0.1) is 0 Å². The summed E-state index contributed by atoms with van der Waals surface area (Å²) >= 11 is 0. The van der Waals surface area contributed by atoms with E-state index in [1.54, 1.807) is 6.07 Å². The highest BCUT2D eigenvalue weighted by Gasteiger charge is 2.41. The summed E-state index contributed by atoms with van der Waals surface area (Å²) < 4.78 is 63.3. The van der Waals surface area contributed by atoms with Crippen molar-refractivity contribution in [3.8, 4) is 0 Å². The van der Waals surface area contributed by atoms with Crippen molar-refractivity contribution in [3.63, 3.8) is 0 Å². The summed E-state index contributed by atoms with van der Waals surface area (Å²) in [6.07, 6.45) is -5.19. The monoisotopic (exact) mass is 307 g/mol. The van der Waals surface area contributed by atoms with Crippen LogP contribution in [0.5, 0.6) is 0 Å². The van der Waals surface area contributed by atoms with Gasteiger partial charge in [0.1, 0.15) is 0 Å². The first-order chi connectivity index (χ1) is 9.86. The van der Waals surface area contributed by atoms with Crippen molar-refractivity contribution >= 4 is 0 Å². The van der Waals surface area contributed by atoms with Crippen molar-refractivity contribution in [1.29, 1.82) is 0 Å². The van der Waals surface area contributed by atoms with Gasteiger partial charge >= 0.3 is 6.18 Å². The van der Waals surface area contributed by atoms with Crippen molar-refractivity contribution in [2.24, 2.45) is 5.92 Å². The predicted molar refractivity (Wildman–Crippen MR) is 70.0 cm³/mol. The quantitative estimate of drug-likeness (QED) is 0.785. The molecule has 0 saturated heterocycles. The second-order valence-corrected chi connectivity index (χ2v) is 5.53. The van der Waals surface area contributed by atoms with Crippen LogP contribution >= 0.6 is 0 Å². The first-order valence-corrected chi connectivity index (χ1v) is 7.03. The minimum atomic E-state index is -4.14. The van der Waals surface area contributed by atoms with Gasteiger partial charge in [0.05, 0.1) is 5.92 Å². The van der Waals surface area contributed by atoms with Gasteiger partial charge in [-0.3, -0.25) is 0 Å². The van der Waals surface area contributed by atoms with Crippen molar-refractivity contribution < 1.29 is 22.0 Å². The highest BCUT2D eigenvalue weighted by atomic mass is 19.4. The van der Waals surface area contributed by atoms with Gasteiger partial charge in [-0.05, 0) is 30.9 Å². The lowest BCUT2D eigenvalue weighted by molar-refractivity contribution is -0.183. The Balaban J connectivity index is 1.89. The Labute approximate surface area is 120 Å². The highest BCUT2D eigenvalue weighted by Crippen LogP contribution is 2.37. The summed E-state index contributed by atoms with van der Waals surface area (Å²) in [5.74, 6) is -1.25. The largest absolute Gasteiger partial charge is 0.391 e. The first-order valence-electron chi connectivity index (χ1n) is 7.03. The Hall–Kier alpha value is -1.17. The number of nitrogens with one attached hydrogen (secondary N) is 1. The van der Waals surface area contributed by atoms with E-state index >= 15 is 0 Å². The standard InChI is InChI=1S/C15H18F5N/c16-14(17)11-4-1-3-10(7-11)9-21-13-6-2-5-12(8-13)15(18,19)20/h1,3-4,7,12-14,21H,2,5-6,8-9H2. The fraction of sp³-hybridized carbons (Fsp3) is 0.600. The molecule has 1 nitrogen and oxygen atoms in total. The third kappa shape index (κ3) is 4.66. The van der Waals surface area contributed by atoms with Crippen molar-refractivity contribution in [2.75, 3.05) is 0 Å². The molecule has 0 radical (unpaired) electrons. The van der Waals surface area contributed by atoms with Gasteiger partial charge < -0.3 is 5.32 Å². The zero-order valence-corrected chi connectivity index (χ0v) is 11.5. The van der Waals surface area contributed by atoms with Crippen molar-refractivity contribution in [1.82, 2.24) is 5.32 Å². The lowest BCUT2D eigenvalue weighted by Crippen LogP contribution is -2.38. The van der Waals surface area contributed by atoms with Gasteiger partial charge in [-0.2, -0.15) is 13.2 Å². The minimum Gasteiger partial charge on any atom is -0.310 e. The number of hydrogen-bond acceptors (Lipinski definition) is 1. The topological polar surface area (TPSA) is 12.0 Å². The molecular weight excluding hydrogens is 289 g/mol. The van der Waals surface area contributed by atoms with Crippen LogP contribution in [-0.4, -0.2) is 12.2 Å². The molecule has 0 aromatic heterocycles. The average Bonchev–Trinajstić information content (AvgIpc) is 2.45. The Morgan fingerprint density at radius 3 is 2.62 bits per heavy atom. The maximum atomic E-state index is 12.7. The summed E-state index contributed by atoms with van der Waals surface area (Å²) in [6.45, 7) is 0.315. The maximum Gasteiger partial charge on any atom is 0.391 e. The van der Waals surface area contributed by atoms with Crippen LogP contribution in [0, 0.1) is 5.92 Å². The van der Waals surface area contributed by atoms with Crippen molar-refractivity contribution in [2.45, 2.75) is 50.9 Å². The van der Waals surface area contributed by atoms with Crippen LogP contribution in [0.25, 0.3) is 0 Å². The second kappa shape index (κ2) is 6.73. The SMILES string of the molecule is FC(F)c1cccc(CNC2CCCC(C(F)(F)F)C2)c1. The molecule has 2 unspecified atom stereocenters. The van der Waals surface area contributed by atoms with Crippen LogP contribution in [0.15, 0.2) is 24.3 Å². The molecule has 1 saturated carbocycles. The molecule has 1 aliphatic carbocycles. The molecular formula is C15H18F5N. The maximum absolute atomic E-state index is 12.7. The van der Waals surface area contributed by atoms with E-state index in [2.05, 4.69) is 5.32 Å². The minimum absolute atomic E-state index is 0.0638. The van der Waals surface area contributed by atoms with Crippen LogP contribution < -0.4 is 5.32 Å². The fourth-order valence-electron chi connectivity index (χ4n) is 2.77. The lowest BCUT2D eigenvalue weighted by atomic mass is 9.85. The molecule has 0 heterocycles. The van der Waals surface area contributed by atoms with Crippen LogP contribution in [0.3, 0.4) is 0 Å². The zero-order valence-electron chi connectivity index (χ0n) is 11.5. The molecule has 1 aromatic rings. The van der Waals surface area contributed by atoms with Crippen LogP contribution in [0.4, 0.5) is 22.0 Å². The van der Waals surface area contributed by atoms with E-state index < -0.39 is 18.5 Å². The molecule has 2 rings (SSSR count). The van der Waals surface area contributed by atoms with Crippen molar-refractivity contribution in [3.05, 3.63) is 35.4 Å². The predicted octanol–water partition coefficient (Wildman–Crippen LogP) is 4.83. The van der Waals surface area contributed by atoms with Gasteiger partial charge in [0.15, 0.2) is 0 Å². The van der Waals surface area contributed by atoms with E-state index in [0.29, 0.717) is 24.9 Å². The van der Waals surface area contributed by atoms with Crippen LogP contribution in [0.1, 0.15) is 43.2 Å². The van der Waals surface area contributed by atoms with E-state index in [1.165, 1.54) is 18.2 Å². The van der Waals surface area contributed by atoms with E-state index in [0.717, 1.165) is 0 Å². The zero-order chi connectivity index (χ0) is 15.5. The number of benzene rings is 1. The van der Waals surface area contributed by atoms with Crippen LogP contribution in [0.2, 0.25) is 0 Å². The number of halogens is 5. The second-order valence-electron chi connectivity index (χ2n) is 5.53. The van der Waals surface area contributed by atoms with E-state index in [1.807, 2.05) is 0 Å². The fourth-order valence-corrected chi connectivity index (χ4v) is 2.77. The normalized spacial score (nSPS) is 23.5. The first kappa shape index (κ1) is 16.2. The molecule has 21 heavy (non-hydrogen) atoms. The molecule has 0 spiro atoms. The van der Waals surface area contributed by atoms with Gasteiger partial charge in [0.25, 0.3) is 6.43 Å². The Bertz CT molecular complexity index is 458. The Kier molecular flexibility index (Phi) is 5.19. The van der Waals surface area contributed by atoms with Gasteiger partial charge in [-0.25, -0.2) is 8.78 Å². The van der Waals surface area contributed by atoms with E-state index in [9.17, 15) is 22.0 Å². The summed E-state index contributed by atoms with van der Waals surface area (Å²) in [7, 11) is 0. The van der Waals surface area contributed by atoms with Gasteiger partial charge in [0.2, 0.25) is 0 Å². The molecule has 0 amide bonds. The number of rotatable bonds is 4. The molecule has 0 aliphatic heterocycles. The molecule has 6 heteroatoms. The molecule has 2 atom stereocenters. The van der Waals surface area contributed by atoms with E-state index in [-0.39, 0.29) is 24.4 Å². The van der Waals surface area contributed by atoms with Crippen LogP contribution in [-0.2, 0) is 6.54 Å². The summed E-state index contributed by atoms with van der Waals surface area (Å²) in [5, 5.41) is 3.06. The molecule has 1 aliphatic rings.